The van der Waals surface area contributed by atoms with Gasteiger partial charge in [0, 0.05) is 18.8 Å². The normalized spacial score (nSPS) is 12.1. The first-order valence-electron chi connectivity index (χ1n) is 7.61. The van der Waals surface area contributed by atoms with E-state index in [1.54, 1.807) is 24.3 Å². The Morgan fingerprint density at radius 1 is 1.15 bits per heavy atom. The van der Waals surface area contributed by atoms with Gasteiger partial charge in [-0.05, 0) is 30.3 Å². The Hall–Kier alpha value is -2.59. The van der Waals surface area contributed by atoms with Gasteiger partial charge in [0.1, 0.15) is 5.75 Å². The molecule has 27 heavy (non-hydrogen) atoms. The molecule has 2 aromatic carbocycles. The number of hydrogen-bond acceptors (Lipinski definition) is 4. The predicted molar refractivity (Wildman–Crippen MR) is 92.9 cm³/mol. The Kier molecular flexibility index (Phi) is 6.11. The van der Waals surface area contributed by atoms with Crippen LogP contribution in [0.1, 0.15) is 5.56 Å². The lowest BCUT2D eigenvalue weighted by Crippen LogP contribution is -2.35. The SMILES string of the molecule is COc1cccc(NC(=O)CN(C)S(=O)(=O)c2cccc(C(F)(F)F)c2)c1. The molecule has 0 fully saturated rings. The molecule has 2 rings (SSSR count). The predicted octanol–water partition coefficient (Wildman–Crippen LogP) is 2.97. The third kappa shape index (κ3) is 5.20. The maximum absolute atomic E-state index is 12.8. The van der Waals surface area contributed by atoms with Crippen LogP contribution in [0.4, 0.5) is 18.9 Å². The molecule has 0 aliphatic carbocycles. The number of rotatable bonds is 6. The van der Waals surface area contributed by atoms with Crippen LogP contribution in [0.25, 0.3) is 0 Å². The third-order valence-electron chi connectivity index (χ3n) is 3.59. The molecule has 0 spiro atoms. The summed E-state index contributed by atoms with van der Waals surface area (Å²) in [6, 6.07) is 9.78. The van der Waals surface area contributed by atoms with Crippen LogP contribution in [0.15, 0.2) is 53.4 Å². The number of benzene rings is 2. The number of anilines is 1. The molecule has 0 radical (unpaired) electrons. The fourth-order valence-electron chi connectivity index (χ4n) is 2.20. The first-order chi connectivity index (χ1) is 12.5. The Labute approximate surface area is 154 Å². The number of amides is 1. The van der Waals surface area contributed by atoms with E-state index in [0.717, 1.165) is 25.2 Å². The molecule has 1 amide bonds. The van der Waals surface area contributed by atoms with Crippen molar-refractivity contribution in [1.29, 1.82) is 0 Å². The van der Waals surface area contributed by atoms with Gasteiger partial charge in [-0.15, -0.1) is 0 Å². The molecule has 0 aliphatic heterocycles. The highest BCUT2D eigenvalue weighted by atomic mass is 32.2. The summed E-state index contributed by atoms with van der Waals surface area (Å²) < 4.78 is 69.0. The van der Waals surface area contributed by atoms with Gasteiger partial charge in [0.15, 0.2) is 0 Å². The smallest absolute Gasteiger partial charge is 0.416 e. The van der Waals surface area contributed by atoms with Gasteiger partial charge in [-0.3, -0.25) is 4.79 Å². The van der Waals surface area contributed by atoms with E-state index < -0.39 is 39.1 Å². The van der Waals surface area contributed by atoms with E-state index in [1.165, 1.54) is 7.11 Å². The van der Waals surface area contributed by atoms with Crippen molar-refractivity contribution >= 4 is 21.6 Å². The molecule has 146 valence electrons. The first-order valence-corrected chi connectivity index (χ1v) is 9.05. The Balaban J connectivity index is 2.14. The molecule has 0 aromatic heterocycles. The molecule has 1 N–H and O–H groups in total. The molecule has 0 aliphatic rings. The van der Waals surface area contributed by atoms with Gasteiger partial charge in [-0.2, -0.15) is 17.5 Å². The summed E-state index contributed by atoms with van der Waals surface area (Å²) in [7, 11) is -1.71. The molecule has 0 saturated carbocycles. The van der Waals surface area contributed by atoms with E-state index in [2.05, 4.69) is 5.32 Å². The molecule has 0 saturated heterocycles. The summed E-state index contributed by atoms with van der Waals surface area (Å²) in [6.45, 7) is -0.574. The van der Waals surface area contributed by atoms with Crippen molar-refractivity contribution in [2.45, 2.75) is 11.1 Å². The van der Waals surface area contributed by atoms with Gasteiger partial charge in [-0.1, -0.05) is 12.1 Å². The van der Waals surface area contributed by atoms with Gasteiger partial charge in [0.25, 0.3) is 0 Å². The summed E-state index contributed by atoms with van der Waals surface area (Å²) >= 11 is 0. The second-order valence-electron chi connectivity index (χ2n) is 5.57. The minimum Gasteiger partial charge on any atom is -0.497 e. The zero-order valence-electron chi connectivity index (χ0n) is 14.4. The van der Waals surface area contributed by atoms with Gasteiger partial charge in [0.05, 0.1) is 24.1 Å². The number of sulfonamides is 1. The Bertz CT molecular complexity index is 930. The quantitative estimate of drug-likeness (QED) is 0.806. The van der Waals surface area contributed by atoms with Gasteiger partial charge >= 0.3 is 6.18 Å². The fourth-order valence-corrected chi connectivity index (χ4v) is 3.37. The van der Waals surface area contributed by atoms with Gasteiger partial charge in [-0.25, -0.2) is 8.42 Å². The molecule has 0 atom stereocenters. The lowest BCUT2D eigenvalue weighted by molar-refractivity contribution is -0.137. The van der Waals surface area contributed by atoms with Crippen LogP contribution in [0.5, 0.6) is 5.75 Å². The van der Waals surface area contributed by atoms with Crippen molar-refractivity contribution in [1.82, 2.24) is 4.31 Å². The fraction of sp³-hybridized carbons (Fsp3) is 0.235. The number of halogens is 3. The van der Waals surface area contributed by atoms with E-state index >= 15 is 0 Å². The van der Waals surface area contributed by atoms with Crippen molar-refractivity contribution in [3.8, 4) is 5.75 Å². The summed E-state index contributed by atoms with van der Waals surface area (Å²) in [6.07, 6.45) is -4.67. The highest BCUT2D eigenvalue weighted by Crippen LogP contribution is 2.31. The van der Waals surface area contributed by atoms with E-state index in [4.69, 9.17) is 4.74 Å². The highest BCUT2D eigenvalue weighted by Gasteiger charge is 2.32. The van der Waals surface area contributed by atoms with E-state index in [1.807, 2.05) is 0 Å². The number of likely N-dealkylation sites (N-methyl/N-ethyl adjacent to an activating group) is 1. The number of carbonyl (C=O) groups is 1. The lowest BCUT2D eigenvalue weighted by atomic mass is 10.2. The summed E-state index contributed by atoms with van der Waals surface area (Å²) in [4.78, 5) is 11.5. The summed E-state index contributed by atoms with van der Waals surface area (Å²) in [5.41, 5.74) is -0.693. The molecule has 0 unspecified atom stereocenters. The Morgan fingerprint density at radius 3 is 2.44 bits per heavy atom. The van der Waals surface area contributed by atoms with E-state index in [-0.39, 0.29) is 0 Å². The van der Waals surface area contributed by atoms with E-state index in [9.17, 15) is 26.4 Å². The van der Waals surface area contributed by atoms with Crippen molar-refractivity contribution in [2.24, 2.45) is 0 Å². The molecule has 2 aromatic rings. The third-order valence-corrected chi connectivity index (χ3v) is 5.39. The number of alkyl halides is 3. The van der Waals surface area contributed by atoms with Crippen molar-refractivity contribution in [2.75, 3.05) is 26.0 Å². The zero-order chi connectivity index (χ0) is 20.2. The van der Waals surface area contributed by atoms with Crippen LogP contribution in [0, 0.1) is 0 Å². The number of carbonyl (C=O) groups excluding carboxylic acids is 1. The molecule has 10 heteroatoms. The monoisotopic (exact) mass is 402 g/mol. The average molecular weight is 402 g/mol. The topological polar surface area (TPSA) is 75.7 Å². The maximum atomic E-state index is 12.8. The molecular formula is C17H17F3N2O4S. The van der Waals surface area contributed by atoms with Crippen molar-refractivity contribution in [3.05, 3.63) is 54.1 Å². The number of nitrogens with one attached hydrogen (secondary N) is 1. The van der Waals surface area contributed by atoms with Gasteiger partial charge in [0.2, 0.25) is 15.9 Å². The zero-order valence-corrected chi connectivity index (χ0v) is 15.3. The molecule has 0 bridgehead atoms. The second kappa shape index (κ2) is 7.97. The maximum Gasteiger partial charge on any atom is 0.416 e. The van der Waals surface area contributed by atoms with Crippen LogP contribution < -0.4 is 10.1 Å². The van der Waals surface area contributed by atoms with Crippen molar-refractivity contribution in [3.63, 3.8) is 0 Å². The summed E-state index contributed by atoms with van der Waals surface area (Å²) in [5, 5.41) is 2.50. The highest BCUT2D eigenvalue weighted by molar-refractivity contribution is 7.89. The van der Waals surface area contributed by atoms with E-state index in [0.29, 0.717) is 21.8 Å². The van der Waals surface area contributed by atoms with Gasteiger partial charge < -0.3 is 10.1 Å². The largest absolute Gasteiger partial charge is 0.497 e. The van der Waals surface area contributed by atoms with Crippen LogP contribution in [-0.4, -0.2) is 39.3 Å². The molecule has 6 nitrogen and oxygen atoms in total. The first kappa shape index (κ1) is 20.7. The number of nitrogens with zero attached hydrogens (tertiary/aromatic N) is 1. The minimum atomic E-state index is -4.67. The van der Waals surface area contributed by atoms with Crippen LogP contribution >= 0.6 is 0 Å². The molecular weight excluding hydrogens is 385 g/mol. The van der Waals surface area contributed by atoms with Crippen molar-refractivity contribution < 1.29 is 31.1 Å². The summed E-state index contributed by atoms with van der Waals surface area (Å²) in [5.74, 6) is -0.154. The Morgan fingerprint density at radius 2 is 1.81 bits per heavy atom. The van der Waals surface area contributed by atoms with Crippen LogP contribution in [0.2, 0.25) is 0 Å². The standard InChI is InChI=1S/C17H17F3N2O4S/c1-22(11-16(23)21-13-6-4-7-14(10-13)26-2)27(24,25)15-8-3-5-12(9-15)17(18,19)20/h3-10H,11H2,1-2H3,(H,21,23). The van der Waals surface area contributed by atoms with Crippen LogP contribution in [0.3, 0.4) is 0 Å². The second-order valence-corrected chi connectivity index (χ2v) is 7.61. The number of ether oxygens (including phenoxy) is 1. The minimum absolute atomic E-state index is 0.393. The number of methoxy groups -OCH3 is 1. The number of hydrogen-bond donors (Lipinski definition) is 1. The average Bonchev–Trinajstić information content (AvgIpc) is 2.61. The molecule has 0 heterocycles. The lowest BCUT2D eigenvalue weighted by Gasteiger charge is -2.18. The van der Waals surface area contributed by atoms with Crippen LogP contribution in [-0.2, 0) is 21.0 Å².